The molecule has 2 rings (SSSR count). The van der Waals surface area contributed by atoms with Crippen LogP contribution < -0.4 is 21.9 Å². The molecule has 1 amide bonds. The number of hydrogen-bond donors (Lipinski definition) is 3. The summed E-state index contributed by atoms with van der Waals surface area (Å²) in [7, 11) is 0. The van der Waals surface area contributed by atoms with Crippen LogP contribution in [0.3, 0.4) is 0 Å². The van der Waals surface area contributed by atoms with Gasteiger partial charge in [-0.25, -0.2) is 5.84 Å². The third-order valence-electron chi connectivity index (χ3n) is 5.07. The summed E-state index contributed by atoms with van der Waals surface area (Å²) in [4.78, 5) is 16.9. The molecule has 0 aromatic heterocycles. The maximum Gasteiger partial charge on any atom is 0.255 e. The lowest BCUT2D eigenvalue weighted by Gasteiger charge is -2.19. The smallest absolute Gasteiger partial charge is 0.255 e. The maximum atomic E-state index is 12.9. The van der Waals surface area contributed by atoms with Gasteiger partial charge in [-0.05, 0) is 63.1 Å². The first-order valence-corrected chi connectivity index (χ1v) is 10.4. The highest BCUT2D eigenvalue weighted by molar-refractivity contribution is 6.04. The average Bonchev–Trinajstić information content (AvgIpc) is 2.80. The van der Waals surface area contributed by atoms with Crippen LogP contribution in [-0.4, -0.2) is 12.1 Å². The number of nitrogens with zero attached hydrogens (tertiary/aromatic N) is 3. The number of anilines is 2. The average molecular weight is 443 g/mol. The van der Waals surface area contributed by atoms with Crippen molar-refractivity contribution in [2.24, 2.45) is 16.6 Å². The molecule has 0 heterocycles. The monoisotopic (exact) mass is 442 g/mol. The fourth-order valence-electron chi connectivity index (χ4n) is 2.98. The van der Waals surface area contributed by atoms with E-state index < -0.39 is 5.41 Å². The number of aliphatic imine (C=N–C) groups is 1. The van der Waals surface area contributed by atoms with E-state index in [1.165, 1.54) is 5.01 Å². The molecule has 2 aromatic rings. The van der Waals surface area contributed by atoms with Crippen LogP contribution in [0, 0.1) is 18.3 Å². The molecule has 5 N–H and O–H groups in total. The Balaban J connectivity index is 2.30. The maximum absolute atomic E-state index is 12.9. The number of benzene rings is 2. The van der Waals surface area contributed by atoms with Gasteiger partial charge in [0.2, 0.25) is 0 Å². The summed E-state index contributed by atoms with van der Waals surface area (Å²) in [6, 6.07) is 14.7. The van der Waals surface area contributed by atoms with Crippen LogP contribution in [0.15, 0.2) is 83.8 Å². The fraction of sp³-hybridized carbons (Fsp3) is 0.192. The van der Waals surface area contributed by atoms with Crippen molar-refractivity contribution < 1.29 is 4.79 Å². The zero-order valence-electron chi connectivity index (χ0n) is 19.5. The highest BCUT2D eigenvalue weighted by atomic mass is 16.1. The van der Waals surface area contributed by atoms with Crippen LogP contribution in [-0.2, 0) is 5.41 Å². The normalized spacial score (nSPS) is 12.4. The molecule has 170 valence electrons. The number of aryl methyl sites for hydroxylation is 1. The lowest BCUT2D eigenvalue weighted by Crippen LogP contribution is -2.27. The Bertz CT molecular complexity index is 1170. The number of nitriles is 1. The molecule has 0 aliphatic rings. The van der Waals surface area contributed by atoms with Gasteiger partial charge in [-0.15, -0.1) is 0 Å². The van der Waals surface area contributed by atoms with Gasteiger partial charge in [0.25, 0.3) is 5.91 Å². The Labute approximate surface area is 195 Å². The van der Waals surface area contributed by atoms with Crippen molar-refractivity contribution in [1.82, 2.24) is 0 Å². The minimum absolute atomic E-state index is 0.284. The molecule has 0 fully saturated rings. The summed E-state index contributed by atoms with van der Waals surface area (Å²) in [6.45, 7) is 11.1. The SMILES string of the molecule is C=CC(=C\N=CC)/C(N)=C/N(N)c1cc(NC(=O)c2cccc(C(C)(C)C#N)c2)ccc1C. The van der Waals surface area contributed by atoms with Crippen molar-refractivity contribution in [2.45, 2.75) is 33.1 Å². The second kappa shape index (κ2) is 10.9. The number of hydrogen-bond acceptors (Lipinski definition) is 6. The van der Waals surface area contributed by atoms with Gasteiger partial charge in [-0.1, -0.05) is 30.9 Å². The minimum Gasteiger partial charge on any atom is -0.397 e. The number of hydrazine groups is 1. The minimum atomic E-state index is -0.694. The Morgan fingerprint density at radius 2 is 2.00 bits per heavy atom. The predicted octanol–water partition coefficient (Wildman–Crippen LogP) is 4.69. The Hall–Kier alpha value is -4.15. The third kappa shape index (κ3) is 6.42. The number of amides is 1. The molecule has 7 heteroatoms. The topological polar surface area (TPSA) is 121 Å². The molecule has 2 aromatic carbocycles. The predicted molar refractivity (Wildman–Crippen MR) is 136 cm³/mol. The quantitative estimate of drug-likeness (QED) is 0.237. The third-order valence-corrected chi connectivity index (χ3v) is 5.07. The molecule has 0 radical (unpaired) electrons. The van der Waals surface area contributed by atoms with E-state index in [4.69, 9.17) is 11.6 Å². The second-order valence-electron chi connectivity index (χ2n) is 7.96. The molecule has 0 atom stereocenters. The van der Waals surface area contributed by atoms with Gasteiger partial charge in [-0.2, -0.15) is 5.26 Å². The summed E-state index contributed by atoms with van der Waals surface area (Å²) < 4.78 is 0. The van der Waals surface area contributed by atoms with Crippen LogP contribution >= 0.6 is 0 Å². The summed E-state index contributed by atoms with van der Waals surface area (Å²) >= 11 is 0. The van der Waals surface area contributed by atoms with Gasteiger partial charge < -0.3 is 11.1 Å². The Morgan fingerprint density at radius 3 is 2.64 bits per heavy atom. The van der Waals surface area contributed by atoms with Crippen LogP contribution in [0.4, 0.5) is 11.4 Å². The van der Waals surface area contributed by atoms with Gasteiger partial charge in [0.15, 0.2) is 0 Å². The lowest BCUT2D eigenvalue weighted by atomic mass is 9.85. The van der Waals surface area contributed by atoms with Crippen LogP contribution in [0.1, 0.15) is 42.3 Å². The number of carbonyl (C=O) groups is 1. The van der Waals surface area contributed by atoms with Crippen molar-refractivity contribution >= 4 is 23.5 Å². The highest BCUT2D eigenvalue weighted by Gasteiger charge is 2.21. The molecule has 0 saturated carbocycles. The summed E-state index contributed by atoms with van der Waals surface area (Å²) in [6.07, 6.45) is 6.40. The van der Waals surface area contributed by atoms with Crippen molar-refractivity contribution in [1.29, 1.82) is 5.26 Å². The van der Waals surface area contributed by atoms with Gasteiger partial charge >= 0.3 is 0 Å². The number of rotatable bonds is 8. The molecule has 7 nitrogen and oxygen atoms in total. The Morgan fingerprint density at radius 1 is 1.27 bits per heavy atom. The lowest BCUT2D eigenvalue weighted by molar-refractivity contribution is 0.102. The van der Waals surface area contributed by atoms with Crippen LogP contribution in [0.25, 0.3) is 0 Å². The molecule has 0 aliphatic carbocycles. The van der Waals surface area contributed by atoms with E-state index in [2.05, 4.69) is 23.0 Å². The summed E-state index contributed by atoms with van der Waals surface area (Å²) in [5.74, 6) is 5.96. The highest BCUT2D eigenvalue weighted by Crippen LogP contribution is 2.26. The molecule has 33 heavy (non-hydrogen) atoms. The number of allylic oxidation sites excluding steroid dienone is 1. The largest absolute Gasteiger partial charge is 0.397 e. The first-order chi connectivity index (χ1) is 15.6. The molecule has 0 bridgehead atoms. The van der Waals surface area contributed by atoms with E-state index in [0.29, 0.717) is 28.2 Å². The van der Waals surface area contributed by atoms with Gasteiger partial charge in [0, 0.05) is 35.4 Å². The summed E-state index contributed by atoms with van der Waals surface area (Å²) in [5, 5.41) is 13.7. The zero-order chi connectivity index (χ0) is 24.6. The van der Waals surface area contributed by atoms with E-state index in [9.17, 15) is 10.1 Å². The molecule has 0 aliphatic heterocycles. The number of carbonyl (C=O) groups excluding carboxylic acids is 1. The zero-order valence-corrected chi connectivity index (χ0v) is 19.5. The van der Waals surface area contributed by atoms with Crippen LogP contribution in [0.2, 0.25) is 0 Å². The van der Waals surface area contributed by atoms with Gasteiger partial charge in [0.1, 0.15) is 0 Å². The molecule has 0 spiro atoms. The molecular formula is C26H30N6O. The van der Waals surface area contributed by atoms with E-state index in [-0.39, 0.29) is 5.91 Å². The van der Waals surface area contributed by atoms with E-state index >= 15 is 0 Å². The number of nitrogens with two attached hydrogens (primary N) is 2. The first kappa shape index (κ1) is 25.1. The number of nitrogens with one attached hydrogen (secondary N) is 1. The molecule has 0 saturated heterocycles. The fourth-order valence-corrected chi connectivity index (χ4v) is 2.98. The molecular weight excluding hydrogens is 412 g/mol. The Kier molecular flexibility index (Phi) is 8.32. The standard InChI is InChI=1S/C26H30N6O/c1-6-19(15-30-7-2)23(28)16-32(29)24-14-22(12-11-18(24)3)31-25(33)20-9-8-10-21(13-20)26(4,5)17-27/h6-16H,1,28-29H2,2-5H3,(H,31,33)/b19-15+,23-16-,30-7?. The van der Waals surface area contributed by atoms with E-state index in [1.807, 2.05) is 32.9 Å². The first-order valence-electron chi connectivity index (χ1n) is 10.4. The van der Waals surface area contributed by atoms with Gasteiger partial charge in [0.05, 0.1) is 22.9 Å². The van der Waals surface area contributed by atoms with E-state index in [0.717, 1.165) is 11.1 Å². The van der Waals surface area contributed by atoms with Crippen molar-refractivity contribution in [3.05, 3.63) is 95.5 Å². The van der Waals surface area contributed by atoms with Crippen molar-refractivity contribution in [3.63, 3.8) is 0 Å². The van der Waals surface area contributed by atoms with Crippen molar-refractivity contribution in [3.8, 4) is 6.07 Å². The van der Waals surface area contributed by atoms with Crippen LogP contribution in [0.5, 0.6) is 0 Å². The molecule has 0 unspecified atom stereocenters. The van der Waals surface area contributed by atoms with Gasteiger partial charge in [-0.3, -0.25) is 14.8 Å². The van der Waals surface area contributed by atoms with Crippen molar-refractivity contribution in [2.75, 3.05) is 10.3 Å². The summed E-state index contributed by atoms with van der Waals surface area (Å²) in [5.41, 5.74) is 9.84. The second-order valence-corrected chi connectivity index (χ2v) is 7.96. The van der Waals surface area contributed by atoms with E-state index in [1.54, 1.807) is 61.9 Å².